The van der Waals surface area contributed by atoms with Gasteiger partial charge in [-0.05, 0) is 24.3 Å². The van der Waals surface area contributed by atoms with Crippen LogP contribution < -0.4 is 9.47 Å². The molecule has 0 atom stereocenters. The minimum atomic E-state index is -1.11. The molecule has 98 valence electrons. The standard InChI is InChI=1S/C13H10ClNO4/c1-18-12-7-9(4-5-15-12)19-8-2-3-11(14)10(6-8)13(16)17/h2-7H,1H3,(H,16,17). The summed E-state index contributed by atoms with van der Waals surface area (Å²) in [6.07, 6.45) is 1.53. The molecule has 0 saturated carbocycles. The van der Waals surface area contributed by atoms with E-state index in [9.17, 15) is 4.79 Å². The number of rotatable bonds is 4. The quantitative estimate of drug-likeness (QED) is 0.930. The summed E-state index contributed by atoms with van der Waals surface area (Å²) in [6.45, 7) is 0. The Balaban J connectivity index is 2.28. The van der Waals surface area contributed by atoms with E-state index in [0.717, 1.165) is 0 Å². The zero-order chi connectivity index (χ0) is 13.8. The monoisotopic (exact) mass is 279 g/mol. The maximum absolute atomic E-state index is 11.0. The second kappa shape index (κ2) is 5.58. The lowest BCUT2D eigenvalue weighted by atomic mass is 10.2. The summed E-state index contributed by atoms with van der Waals surface area (Å²) in [6, 6.07) is 7.64. The summed E-state index contributed by atoms with van der Waals surface area (Å²) < 4.78 is 10.5. The summed E-state index contributed by atoms with van der Waals surface area (Å²) in [5, 5.41) is 9.13. The van der Waals surface area contributed by atoms with Crippen molar-refractivity contribution in [1.82, 2.24) is 4.98 Å². The van der Waals surface area contributed by atoms with Gasteiger partial charge in [0.2, 0.25) is 5.88 Å². The number of carboxylic acids is 1. The Morgan fingerprint density at radius 3 is 2.68 bits per heavy atom. The molecule has 1 aromatic heterocycles. The Morgan fingerprint density at radius 2 is 2.00 bits per heavy atom. The highest BCUT2D eigenvalue weighted by Gasteiger charge is 2.10. The predicted molar refractivity (Wildman–Crippen MR) is 69.3 cm³/mol. The summed E-state index contributed by atoms with van der Waals surface area (Å²) in [5.74, 6) is 0.160. The first-order valence-electron chi connectivity index (χ1n) is 5.31. The molecule has 19 heavy (non-hydrogen) atoms. The number of hydrogen-bond acceptors (Lipinski definition) is 4. The Morgan fingerprint density at radius 1 is 1.26 bits per heavy atom. The maximum atomic E-state index is 11.0. The topological polar surface area (TPSA) is 68.7 Å². The predicted octanol–water partition coefficient (Wildman–Crippen LogP) is 3.23. The third-order valence-electron chi connectivity index (χ3n) is 2.32. The Hall–Kier alpha value is -2.27. The molecular weight excluding hydrogens is 270 g/mol. The van der Waals surface area contributed by atoms with Gasteiger partial charge in [-0.25, -0.2) is 9.78 Å². The van der Waals surface area contributed by atoms with Crippen molar-refractivity contribution in [2.75, 3.05) is 7.11 Å². The van der Waals surface area contributed by atoms with Crippen LogP contribution in [-0.2, 0) is 0 Å². The molecule has 2 rings (SSSR count). The average molecular weight is 280 g/mol. The molecule has 0 bridgehead atoms. The van der Waals surface area contributed by atoms with E-state index < -0.39 is 5.97 Å². The first kappa shape index (κ1) is 13.2. The normalized spacial score (nSPS) is 10.0. The number of halogens is 1. The van der Waals surface area contributed by atoms with Gasteiger partial charge in [-0.2, -0.15) is 0 Å². The number of benzene rings is 1. The SMILES string of the molecule is COc1cc(Oc2ccc(Cl)c(C(=O)O)c2)ccn1. The smallest absolute Gasteiger partial charge is 0.337 e. The van der Waals surface area contributed by atoms with Crippen LogP contribution in [0.3, 0.4) is 0 Å². The van der Waals surface area contributed by atoms with Crippen molar-refractivity contribution in [3.8, 4) is 17.4 Å². The number of carboxylic acid groups (broad SMARTS) is 1. The van der Waals surface area contributed by atoms with Gasteiger partial charge in [0.1, 0.15) is 11.5 Å². The van der Waals surface area contributed by atoms with Gasteiger partial charge < -0.3 is 14.6 Å². The molecule has 0 amide bonds. The second-order valence-corrected chi connectivity index (χ2v) is 3.99. The first-order valence-corrected chi connectivity index (χ1v) is 5.68. The van der Waals surface area contributed by atoms with E-state index in [1.54, 1.807) is 18.2 Å². The van der Waals surface area contributed by atoms with Gasteiger partial charge in [0.25, 0.3) is 0 Å². The van der Waals surface area contributed by atoms with Crippen molar-refractivity contribution in [3.05, 3.63) is 47.1 Å². The molecule has 0 saturated heterocycles. The first-order chi connectivity index (χ1) is 9.10. The molecule has 0 aliphatic carbocycles. The number of pyridine rings is 1. The highest BCUT2D eigenvalue weighted by atomic mass is 35.5. The highest BCUT2D eigenvalue weighted by molar-refractivity contribution is 6.33. The lowest BCUT2D eigenvalue weighted by Gasteiger charge is -2.08. The molecule has 1 aromatic carbocycles. The number of ether oxygens (including phenoxy) is 2. The van der Waals surface area contributed by atoms with E-state index in [0.29, 0.717) is 17.4 Å². The van der Waals surface area contributed by atoms with Crippen LogP contribution in [0.1, 0.15) is 10.4 Å². The van der Waals surface area contributed by atoms with Crippen LogP contribution in [0.15, 0.2) is 36.5 Å². The van der Waals surface area contributed by atoms with E-state index in [-0.39, 0.29) is 10.6 Å². The van der Waals surface area contributed by atoms with Gasteiger partial charge in [0.15, 0.2) is 0 Å². The minimum absolute atomic E-state index is 0.0137. The molecule has 5 nitrogen and oxygen atoms in total. The van der Waals surface area contributed by atoms with Gasteiger partial charge in [-0.1, -0.05) is 11.6 Å². The van der Waals surface area contributed by atoms with Gasteiger partial charge in [-0.3, -0.25) is 0 Å². The molecule has 0 aliphatic heterocycles. The number of aromatic nitrogens is 1. The average Bonchev–Trinajstić information content (AvgIpc) is 2.41. The van der Waals surface area contributed by atoms with Crippen LogP contribution in [0.25, 0.3) is 0 Å². The highest BCUT2D eigenvalue weighted by Crippen LogP contribution is 2.27. The second-order valence-electron chi connectivity index (χ2n) is 3.58. The van der Waals surface area contributed by atoms with Crippen molar-refractivity contribution in [3.63, 3.8) is 0 Å². The van der Waals surface area contributed by atoms with Crippen LogP contribution in [0.5, 0.6) is 17.4 Å². The fraction of sp³-hybridized carbons (Fsp3) is 0.0769. The lowest BCUT2D eigenvalue weighted by Crippen LogP contribution is -1.98. The van der Waals surface area contributed by atoms with Crippen LogP contribution in [-0.4, -0.2) is 23.2 Å². The van der Waals surface area contributed by atoms with Crippen LogP contribution in [0, 0.1) is 0 Å². The van der Waals surface area contributed by atoms with Crippen molar-refractivity contribution in [2.45, 2.75) is 0 Å². The Kier molecular flexibility index (Phi) is 3.87. The molecular formula is C13H10ClNO4. The van der Waals surface area contributed by atoms with Crippen molar-refractivity contribution in [1.29, 1.82) is 0 Å². The van der Waals surface area contributed by atoms with E-state index in [1.807, 2.05) is 0 Å². The molecule has 0 unspecified atom stereocenters. The molecule has 2 aromatic rings. The zero-order valence-electron chi connectivity index (χ0n) is 9.96. The summed E-state index contributed by atoms with van der Waals surface area (Å²) >= 11 is 5.78. The fourth-order valence-corrected chi connectivity index (χ4v) is 1.63. The summed E-state index contributed by atoms with van der Waals surface area (Å²) in [7, 11) is 1.50. The third kappa shape index (κ3) is 3.14. The molecule has 0 fully saturated rings. The number of aromatic carboxylic acids is 1. The number of hydrogen-bond donors (Lipinski definition) is 1. The Labute approximate surface area is 114 Å². The largest absolute Gasteiger partial charge is 0.481 e. The minimum Gasteiger partial charge on any atom is -0.481 e. The summed E-state index contributed by atoms with van der Waals surface area (Å²) in [4.78, 5) is 14.9. The van der Waals surface area contributed by atoms with Crippen LogP contribution >= 0.6 is 11.6 Å². The number of methoxy groups -OCH3 is 1. The van der Waals surface area contributed by atoms with Crippen molar-refractivity contribution >= 4 is 17.6 Å². The Bertz CT molecular complexity index is 615. The van der Waals surface area contributed by atoms with Crippen LogP contribution in [0.4, 0.5) is 0 Å². The third-order valence-corrected chi connectivity index (χ3v) is 2.65. The van der Waals surface area contributed by atoms with Crippen molar-refractivity contribution in [2.24, 2.45) is 0 Å². The van der Waals surface area contributed by atoms with Crippen LogP contribution in [0.2, 0.25) is 5.02 Å². The van der Waals surface area contributed by atoms with E-state index in [2.05, 4.69) is 4.98 Å². The van der Waals surface area contributed by atoms with E-state index in [4.69, 9.17) is 26.2 Å². The maximum Gasteiger partial charge on any atom is 0.337 e. The summed E-state index contributed by atoms with van der Waals surface area (Å²) in [5.41, 5.74) is -0.0137. The molecule has 0 aliphatic rings. The van der Waals surface area contributed by atoms with Gasteiger partial charge in [0, 0.05) is 12.3 Å². The zero-order valence-corrected chi connectivity index (χ0v) is 10.7. The van der Waals surface area contributed by atoms with Gasteiger partial charge in [0.05, 0.1) is 17.7 Å². The van der Waals surface area contributed by atoms with E-state index >= 15 is 0 Å². The van der Waals surface area contributed by atoms with Gasteiger partial charge in [-0.15, -0.1) is 0 Å². The van der Waals surface area contributed by atoms with Gasteiger partial charge >= 0.3 is 5.97 Å². The molecule has 0 radical (unpaired) electrons. The lowest BCUT2D eigenvalue weighted by molar-refractivity contribution is 0.0696. The van der Waals surface area contributed by atoms with E-state index in [1.165, 1.54) is 25.4 Å². The number of carbonyl (C=O) groups is 1. The number of nitrogens with zero attached hydrogens (tertiary/aromatic N) is 1. The van der Waals surface area contributed by atoms with Crippen molar-refractivity contribution < 1.29 is 19.4 Å². The molecule has 1 N–H and O–H groups in total. The molecule has 1 heterocycles. The molecule has 0 spiro atoms. The molecule has 6 heteroatoms. The fourth-order valence-electron chi connectivity index (χ4n) is 1.43.